The summed E-state index contributed by atoms with van der Waals surface area (Å²) in [6, 6.07) is 3.80. The number of hydrogen-bond donors (Lipinski definition) is 2. The number of aromatic carboxylic acids is 1. The van der Waals surface area contributed by atoms with Gasteiger partial charge in [-0.2, -0.15) is 0 Å². The zero-order valence-electron chi connectivity index (χ0n) is 8.57. The Morgan fingerprint density at radius 1 is 1.56 bits per heavy atom. The molecule has 2 N–H and O–H groups in total. The number of carbonyl (C=O) groups is 1. The summed E-state index contributed by atoms with van der Waals surface area (Å²) in [6.45, 7) is 1.22. The highest BCUT2D eigenvalue weighted by atomic mass is 19.1. The normalized spacial score (nSPS) is 19.7. The Morgan fingerprint density at radius 3 is 3.00 bits per heavy atom. The van der Waals surface area contributed by atoms with Crippen molar-refractivity contribution < 1.29 is 19.0 Å². The van der Waals surface area contributed by atoms with E-state index in [9.17, 15) is 9.18 Å². The molecule has 0 spiro atoms. The Balaban J connectivity index is 2.21. The van der Waals surface area contributed by atoms with Crippen LogP contribution in [0.15, 0.2) is 18.2 Å². The van der Waals surface area contributed by atoms with E-state index < -0.39 is 11.8 Å². The highest BCUT2D eigenvalue weighted by Crippen LogP contribution is 2.20. The second-order valence-corrected chi connectivity index (χ2v) is 3.70. The molecule has 1 unspecified atom stereocenters. The highest BCUT2D eigenvalue weighted by Gasteiger charge is 2.18. The van der Waals surface area contributed by atoms with Crippen molar-refractivity contribution in [1.29, 1.82) is 0 Å². The lowest BCUT2D eigenvalue weighted by atomic mass is 10.1. The molecule has 86 valence electrons. The van der Waals surface area contributed by atoms with Crippen LogP contribution < -0.4 is 5.32 Å². The van der Waals surface area contributed by atoms with Crippen LogP contribution in [0.3, 0.4) is 0 Å². The summed E-state index contributed by atoms with van der Waals surface area (Å²) in [5.41, 5.74) is 0.385. The average molecular weight is 225 g/mol. The van der Waals surface area contributed by atoms with Crippen molar-refractivity contribution in [3.63, 3.8) is 0 Å². The van der Waals surface area contributed by atoms with Gasteiger partial charge in [-0.15, -0.1) is 0 Å². The van der Waals surface area contributed by atoms with Crippen LogP contribution >= 0.6 is 0 Å². The number of nitrogens with one attached hydrogen (secondary N) is 1. The van der Waals surface area contributed by atoms with Crippen LogP contribution in [0.2, 0.25) is 0 Å². The molecule has 16 heavy (non-hydrogen) atoms. The molecule has 1 aromatic carbocycles. The number of hydrogen-bond acceptors (Lipinski definition) is 3. The first-order valence-electron chi connectivity index (χ1n) is 5.04. The fraction of sp³-hybridized carbons (Fsp3) is 0.364. The van der Waals surface area contributed by atoms with Crippen molar-refractivity contribution in [2.45, 2.75) is 12.5 Å². The molecule has 2 rings (SSSR count). The third-order valence-corrected chi connectivity index (χ3v) is 2.50. The first-order valence-corrected chi connectivity index (χ1v) is 5.04. The van der Waals surface area contributed by atoms with E-state index in [0.717, 1.165) is 12.5 Å². The predicted molar refractivity (Wildman–Crippen MR) is 56.2 cm³/mol. The molecule has 1 aliphatic heterocycles. The monoisotopic (exact) mass is 225 g/mol. The molecule has 0 amide bonds. The standard InChI is InChI=1S/C11H12FNO3/c12-7-1-2-10(9(5-7)11(14)15)13-8-3-4-16-6-8/h1-2,5,8,13H,3-4,6H2,(H,14,15). The molecule has 0 aliphatic carbocycles. The minimum Gasteiger partial charge on any atom is -0.478 e. The Labute approximate surface area is 92.0 Å². The van der Waals surface area contributed by atoms with Gasteiger partial charge in [0, 0.05) is 12.3 Å². The van der Waals surface area contributed by atoms with Gasteiger partial charge in [0.1, 0.15) is 5.82 Å². The number of anilines is 1. The highest BCUT2D eigenvalue weighted by molar-refractivity contribution is 5.94. The lowest BCUT2D eigenvalue weighted by Crippen LogP contribution is -2.20. The van der Waals surface area contributed by atoms with Crippen molar-refractivity contribution in [3.8, 4) is 0 Å². The maximum absolute atomic E-state index is 12.9. The van der Waals surface area contributed by atoms with Crippen molar-refractivity contribution >= 4 is 11.7 Å². The van der Waals surface area contributed by atoms with E-state index in [1.54, 1.807) is 0 Å². The van der Waals surface area contributed by atoms with Crippen LogP contribution in [0.25, 0.3) is 0 Å². The molecule has 0 bridgehead atoms. The van der Waals surface area contributed by atoms with Gasteiger partial charge < -0.3 is 15.2 Å². The van der Waals surface area contributed by atoms with Crippen molar-refractivity contribution in [2.24, 2.45) is 0 Å². The molecule has 1 atom stereocenters. The number of rotatable bonds is 3. The summed E-state index contributed by atoms with van der Waals surface area (Å²) in [7, 11) is 0. The van der Waals surface area contributed by atoms with Gasteiger partial charge in [-0.3, -0.25) is 0 Å². The maximum atomic E-state index is 12.9. The van der Waals surface area contributed by atoms with E-state index in [0.29, 0.717) is 18.9 Å². The number of carboxylic acids is 1. The van der Waals surface area contributed by atoms with E-state index in [2.05, 4.69) is 5.32 Å². The van der Waals surface area contributed by atoms with Gasteiger partial charge in [-0.05, 0) is 24.6 Å². The fourth-order valence-corrected chi connectivity index (χ4v) is 1.69. The first kappa shape index (κ1) is 10.9. The van der Waals surface area contributed by atoms with Gasteiger partial charge >= 0.3 is 5.97 Å². The first-order chi connectivity index (χ1) is 7.66. The molecule has 0 aromatic heterocycles. The molecular formula is C11H12FNO3. The molecule has 1 aliphatic rings. The summed E-state index contributed by atoms with van der Waals surface area (Å²) in [6.07, 6.45) is 0.830. The molecule has 4 nitrogen and oxygen atoms in total. The average Bonchev–Trinajstić information content (AvgIpc) is 2.73. The van der Waals surface area contributed by atoms with E-state index in [-0.39, 0.29) is 11.6 Å². The zero-order chi connectivity index (χ0) is 11.5. The van der Waals surface area contributed by atoms with E-state index in [4.69, 9.17) is 9.84 Å². The fourth-order valence-electron chi connectivity index (χ4n) is 1.69. The zero-order valence-corrected chi connectivity index (χ0v) is 8.57. The second-order valence-electron chi connectivity index (χ2n) is 3.70. The lowest BCUT2D eigenvalue weighted by Gasteiger charge is -2.14. The molecule has 1 saturated heterocycles. The van der Waals surface area contributed by atoms with Crippen molar-refractivity contribution in [3.05, 3.63) is 29.6 Å². The summed E-state index contributed by atoms with van der Waals surface area (Å²) in [5.74, 6) is -1.69. The van der Waals surface area contributed by atoms with Crippen LogP contribution in [-0.2, 0) is 4.74 Å². The van der Waals surface area contributed by atoms with Crippen LogP contribution in [0.5, 0.6) is 0 Å². The third-order valence-electron chi connectivity index (χ3n) is 2.50. The summed E-state index contributed by atoms with van der Waals surface area (Å²) in [4.78, 5) is 10.9. The quantitative estimate of drug-likeness (QED) is 0.822. The van der Waals surface area contributed by atoms with Crippen LogP contribution in [0.1, 0.15) is 16.8 Å². The molecule has 1 fully saturated rings. The maximum Gasteiger partial charge on any atom is 0.337 e. The van der Waals surface area contributed by atoms with Crippen molar-refractivity contribution in [2.75, 3.05) is 18.5 Å². The number of ether oxygens (including phenoxy) is 1. The van der Waals surface area contributed by atoms with Crippen LogP contribution in [0.4, 0.5) is 10.1 Å². The van der Waals surface area contributed by atoms with Gasteiger partial charge in [0.2, 0.25) is 0 Å². The summed E-state index contributed by atoms with van der Waals surface area (Å²) < 4.78 is 18.1. The number of halogens is 1. The molecular weight excluding hydrogens is 213 g/mol. The summed E-state index contributed by atoms with van der Waals surface area (Å²) >= 11 is 0. The van der Waals surface area contributed by atoms with Gasteiger partial charge in [-0.1, -0.05) is 0 Å². The van der Waals surface area contributed by atoms with Crippen molar-refractivity contribution in [1.82, 2.24) is 0 Å². The number of carboxylic acid groups (broad SMARTS) is 1. The molecule has 0 saturated carbocycles. The second kappa shape index (κ2) is 4.49. The Hall–Kier alpha value is -1.62. The van der Waals surface area contributed by atoms with E-state index in [1.807, 2.05) is 0 Å². The molecule has 5 heteroatoms. The Bertz CT molecular complexity index is 402. The van der Waals surface area contributed by atoms with Crippen LogP contribution in [-0.4, -0.2) is 30.3 Å². The predicted octanol–water partition coefficient (Wildman–Crippen LogP) is 1.72. The Kier molecular flexibility index (Phi) is 3.05. The molecule has 1 aromatic rings. The minimum atomic E-state index is -1.14. The minimum absolute atomic E-state index is 0.0492. The smallest absolute Gasteiger partial charge is 0.337 e. The van der Waals surface area contributed by atoms with Crippen LogP contribution in [0, 0.1) is 5.82 Å². The SMILES string of the molecule is O=C(O)c1cc(F)ccc1NC1CCOC1. The van der Waals surface area contributed by atoms with Gasteiger partial charge in [0.05, 0.1) is 18.2 Å². The van der Waals surface area contributed by atoms with E-state index in [1.165, 1.54) is 12.1 Å². The van der Waals surface area contributed by atoms with Gasteiger partial charge in [0.15, 0.2) is 0 Å². The third kappa shape index (κ3) is 2.30. The largest absolute Gasteiger partial charge is 0.478 e. The van der Waals surface area contributed by atoms with Gasteiger partial charge in [0.25, 0.3) is 0 Å². The Morgan fingerprint density at radius 2 is 2.38 bits per heavy atom. The van der Waals surface area contributed by atoms with E-state index >= 15 is 0 Å². The lowest BCUT2D eigenvalue weighted by molar-refractivity contribution is 0.0697. The number of benzene rings is 1. The molecule has 0 radical (unpaired) electrons. The molecule has 1 heterocycles. The topological polar surface area (TPSA) is 58.6 Å². The summed E-state index contributed by atoms with van der Waals surface area (Å²) in [5, 5.41) is 12.0. The van der Waals surface area contributed by atoms with Gasteiger partial charge in [-0.25, -0.2) is 9.18 Å².